The molecule has 4 rings (SSSR count). The Morgan fingerprint density at radius 2 is 1.83 bits per heavy atom. The lowest BCUT2D eigenvalue weighted by molar-refractivity contribution is -0.0000140. The van der Waals surface area contributed by atoms with E-state index < -0.39 is 0 Å². The number of benzene rings is 2. The molecular formula is C21H23ClN3O3S-. The summed E-state index contributed by atoms with van der Waals surface area (Å²) in [5, 5.41) is 0.710. The van der Waals surface area contributed by atoms with Gasteiger partial charge in [0.25, 0.3) is 5.91 Å². The van der Waals surface area contributed by atoms with Crippen LogP contribution in [0.5, 0.6) is 11.5 Å². The molecule has 0 radical (unpaired) electrons. The number of hydrogen-bond acceptors (Lipinski definition) is 6. The van der Waals surface area contributed by atoms with Gasteiger partial charge >= 0.3 is 0 Å². The summed E-state index contributed by atoms with van der Waals surface area (Å²) < 4.78 is 12.3. The maximum Gasteiger partial charge on any atom is 0.260 e. The van der Waals surface area contributed by atoms with Gasteiger partial charge in [0.1, 0.15) is 13.2 Å². The van der Waals surface area contributed by atoms with Crippen molar-refractivity contribution >= 4 is 32.6 Å². The van der Waals surface area contributed by atoms with Crippen LogP contribution in [-0.2, 0) is 0 Å². The van der Waals surface area contributed by atoms with E-state index >= 15 is 0 Å². The van der Waals surface area contributed by atoms with E-state index in [0.717, 1.165) is 16.8 Å². The van der Waals surface area contributed by atoms with Crippen LogP contribution in [0.4, 0.5) is 5.13 Å². The van der Waals surface area contributed by atoms with Gasteiger partial charge < -0.3 is 26.8 Å². The Morgan fingerprint density at radius 1 is 1.07 bits per heavy atom. The largest absolute Gasteiger partial charge is 1.00 e. The van der Waals surface area contributed by atoms with Gasteiger partial charge in [-0.15, -0.1) is 0 Å². The molecule has 0 fully saturated rings. The van der Waals surface area contributed by atoms with Gasteiger partial charge in [0.15, 0.2) is 16.6 Å². The van der Waals surface area contributed by atoms with Crippen molar-refractivity contribution < 1.29 is 26.7 Å². The summed E-state index contributed by atoms with van der Waals surface area (Å²) in [6.45, 7) is 4.37. The van der Waals surface area contributed by atoms with Crippen molar-refractivity contribution in [3.8, 4) is 11.5 Å². The van der Waals surface area contributed by atoms with E-state index in [1.807, 2.05) is 26.2 Å². The number of carbonyl (C=O) groups excluding carboxylic acids is 1. The molecule has 0 N–H and O–H groups in total. The second-order valence-corrected chi connectivity index (χ2v) is 8.10. The summed E-state index contributed by atoms with van der Waals surface area (Å²) in [6, 6.07) is 11.5. The number of thiazole rings is 1. The summed E-state index contributed by atoms with van der Waals surface area (Å²) in [6.07, 6.45) is 0. The van der Waals surface area contributed by atoms with Crippen LogP contribution in [0.2, 0.25) is 0 Å². The fourth-order valence-corrected chi connectivity index (χ4v) is 4.14. The molecule has 0 bridgehead atoms. The molecule has 0 saturated carbocycles. The molecule has 0 aliphatic carbocycles. The van der Waals surface area contributed by atoms with Gasteiger partial charge in [-0.25, -0.2) is 4.98 Å². The zero-order valence-electron chi connectivity index (χ0n) is 16.6. The molecule has 6 nitrogen and oxygen atoms in total. The van der Waals surface area contributed by atoms with E-state index in [2.05, 4.69) is 17.9 Å². The molecule has 0 unspecified atom stereocenters. The predicted molar refractivity (Wildman–Crippen MR) is 112 cm³/mol. The number of carbonyl (C=O) groups is 1. The van der Waals surface area contributed by atoms with Crippen molar-refractivity contribution in [1.82, 2.24) is 9.88 Å². The van der Waals surface area contributed by atoms with Crippen molar-refractivity contribution in [2.45, 2.75) is 6.92 Å². The molecule has 2 aromatic carbocycles. The summed E-state index contributed by atoms with van der Waals surface area (Å²) in [4.78, 5) is 21.9. The van der Waals surface area contributed by atoms with Crippen LogP contribution < -0.4 is 26.8 Å². The van der Waals surface area contributed by atoms with Gasteiger partial charge in [-0.05, 0) is 56.9 Å². The van der Waals surface area contributed by atoms with Crippen molar-refractivity contribution in [3.05, 3.63) is 47.5 Å². The van der Waals surface area contributed by atoms with Gasteiger partial charge in [-0.1, -0.05) is 17.4 Å². The third-order valence-corrected chi connectivity index (χ3v) is 5.61. The first-order valence-electron chi connectivity index (χ1n) is 9.25. The number of hydrogen-bond donors (Lipinski definition) is 0. The number of amides is 1. The van der Waals surface area contributed by atoms with E-state index in [9.17, 15) is 4.79 Å². The maximum atomic E-state index is 13.4. The average molecular weight is 433 g/mol. The molecule has 0 spiro atoms. The van der Waals surface area contributed by atoms with E-state index in [4.69, 9.17) is 14.5 Å². The molecule has 1 aromatic heterocycles. The average Bonchev–Trinajstić information content (AvgIpc) is 3.10. The third kappa shape index (κ3) is 4.63. The normalized spacial score (nSPS) is 12.7. The summed E-state index contributed by atoms with van der Waals surface area (Å²) in [5.74, 6) is 1.21. The van der Waals surface area contributed by atoms with Gasteiger partial charge in [-0.3, -0.25) is 9.69 Å². The molecular weight excluding hydrogens is 410 g/mol. The molecule has 3 aromatic rings. The number of anilines is 1. The molecule has 0 saturated heterocycles. The van der Waals surface area contributed by atoms with Gasteiger partial charge in [0, 0.05) is 18.7 Å². The van der Waals surface area contributed by atoms with Crippen LogP contribution in [0.1, 0.15) is 15.9 Å². The van der Waals surface area contributed by atoms with Crippen molar-refractivity contribution in [3.63, 3.8) is 0 Å². The summed E-state index contributed by atoms with van der Waals surface area (Å²) >= 11 is 1.54. The Kier molecular flexibility index (Phi) is 6.62. The number of likely N-dealkylation sites (N-methyl/N-ethyl adjacent to an activating group) is 1. The van der Waals surface area contributed by atoms with Gasteiger partial charge in [-0.2, -0.15) is 0 Å². The number of halogens is 1. The number of aryl methyl sites for hydroxylation is 1. The predicted octanol–water partition coefficient (Wildman–Crippen LogP) is 0.588. The fourth-order valence-electron chi connectivity index (χ4n) is 3.05. The second-order valence-electron chi connectivity index (χ2n) is 7.09. The fraction of sp³-hybridized carbons (Fsp3) is 0.333. The highest BCUT2D eigenvalue weighted by Crippen LogP contribution is 2.33. The Balaban J connectivity index is 0.00000240. The van der Waals surface area contributed by atoms with Crippen LogP contribution in [0.3, 0.4) is 0 Å². The number of rotatable bonds is 5. The third-order valence-electron chi connectivity index (χ3n) is 4.57. The first-order chi connectivity index (χ1) is 13.5. The molecule has 0 atom stereocenters. The minimum atomic E-state index is -0.0883. The van der Waals surface area contributed by atoms with Gasteiger partial charge in [0.05, 0.1) is 10.2 Å². The lowest BCUT2D eigenvalue weighted by Crippen LogP contribution is -3.00. The number of aromatic nitrogens is 1. The highest BCUT2D eigenvalue weighted by Gasteiger charge is 2.23. The van der Waals surface area contributed by atoms with Crippen LogP contribution in [0, 0.1) is 6.92 Å². The quantitative estimate of drug-likeness (QED) is 0.590. The Bertz CT molecular complexity index is 1020. The van der Waals surface area contributed by atoms with Crippen LogP contribution in [0.15, 0.2) is 36.4 Å². The first-order valence-corrected chi connectivity index (χ1v) is 10.1. The van der Waals surface area contributed by atoms with Crippen LogP contribution in [0.25, 0.3) is 10.2 Å². The van der Waals surface area contributed by atoms with E-state index in [0.29, 0.717) is 42.0 Å². The van der Waals surface area contributed by atoms with Crippen molar-refractivity contribution in [2.24, 2.45) is 0 Å². The monoisotopic (exact) mass is 432 g/mol. The maximum absolute atomic E-state index is 13.4. The SMILES string of the molecule is Cc1ccc2nc(N(CCN(C)C)C(=O)c3ccc4c(c3)OCCO4)sc2c1.[Cl-]. The zero-order chi connectivity index (χ0) is 19.7. The molecule has 29 heavy (non-hydrogen) atoms. The molecule has 1 aliphatic heterocycles. The molecule has 154 valence electrons. The zero-order valence-corrected chi connectivity index (χ0v) is 18.2. The lowest BCUT2D eigenvalue weighted by atomic mass is 10.1. The summed E-state index contributed by atoms with van der Waals surface area (Å²) in [5.41, 5.74) is 2.66. The summed E-state index contributed by atoms with van der Waals surface area (Å²) in [7, 11) is 3.99. The van der Waals surface area contributed by atoms with Crippen molar-refractivity contribution in [2.75, 3.05) is 45.3 Å². The minimum absolute atomic E-state index is 0. The second kappa shape index (κ2) is 8.98. The number of fused-ring (bicyclic) bond motifs is 2. The molecule has 1 amide bonds. The lowest BCUT2D eigenvalue weighted by Gasteiger charge is -2.23. The minimum Gasteiger partial charge on any atom is -1.00 e. The topological polar surface area (TPSA) is 54.9 Å². The van der Waals surface area contributed by atoms with Crippen molar-refractivity contribution in [1.29, 1.82) is 0 Å². The smallest absolute Gasteiger partial charge is 0.260 e. The number of ether oxygens (including phenoxy) is 2. The Labute approximate surface area is 180 Å². The Hall–Kier alpha value is -2.35. The molecule has 8 heteroatoms. The van der Waals surface area contributed by atoms with E-state index in [1.165, 1.54) is 5.56 Å². The number of nitrogens with zero attached hydrogens (tertiary/aromatic N) is 3. The molecule has 1 aliphatic rings. The Morgan fingerprint density at radius 3 is 2.59 bits per heavy atom. The molecule has 2 heterocycles. The van der Waals surface area contributed by atoms with E-state index in [1.54, 1.807) is 34.4 Å². The van der Waals surface area contributed by atoms with E-state index in [-0.39, 0.29) is 18.3 Å². The van der Waals surface area contributed by atoms with Crippen LogP contribution >= 0.6 is 11.3 Å². The van der Waals surface area contributed by atoms with Crippen LogP contribution in [-0.4, -0.2) is 56.2 Å². The first kappa shape index (κ1) is 21.4. The standard InChI is InChI=1S/C21H23N3O3S.ClH/c1-14-4-6-16-19(12-14)28-21(22-16)24(9-8-23(2)3)20(25)15-5-7-17-18(13-15)27-11-10-26-17;/h4-7,12-13H,8-11H2,1-3H3;1H/p-1. The highest BCUT2D eigenvalue weighted by molar-refractivity contribution is 7.22. The van der Waals surface area contributed by atoms with Gasteiger partial charge in [0.2, 0.25) is 0 Å². The highest BCUT2D eigenvalue weighted by atomic mass is 35.5.